The van der Waals surface area contributed by atoms with E-state index in [1.807, 2.05) is 60.7 Å². The molecule has 3 aromatic carbocycles. The number of benzene rings is 3. The standard InChI is InChI=1S/C25H24N2O3/c1-3-27(4-2)20-13-12-18-14-22(25(29)30-23(18)15-20)24(28)26-16-19-10-7-9-17-8-5-6-11-21(17)19/h5-15H,3-4,16H2,1-2H3,(H,26,28). The third-order valence-electron chi connectivity index (χ3n) is 5.41. The van der Waals surface area contributed by atoms with E-state index in [2.05, 4.69) is 24.1 Å². The van der Waals surface area contributed by atoms with Gasteiger partial charge in [-0.25, -0.2) is 4.79 Å². The van der Waals surface area contributed by atoms with Crippen LogP contribution in [-0.4, -0.2) is 19.0 Å². The van der Waals surface area contributed by atoms with Gasteiger partial charge in [0, 0.05) is 36.8 Å². The zero-order valence-corrected chi connectivity index (χ0v) is 17.1. The van der Waals surface area contributed by atoms with Gasteiger partial charge in [-0.15, -0.1) is 0 Å². The Morgan fingerprint density at radius 1 is 0.933 bits per heavy atom. The molecule has 5 heteroatoms. The number of rotatable bonds is 6. The fourth-order valence-corrected chi connectivity index (χ4v) is 3.76. The van der Waals surface area contributed by atoms with Gasteiger partial charge in [0.05, 0.1) is 0 Å². The molecule has 1 amide bonds. The molecule has 0 saturated carbocycles. The van der Waals surface area contributed by atoms with E-state index in [-0.39, 0.29) is 5.56 Å². The van der Waals surface area contributed by atoms with Gasteiger partial charge in [-0.3, -0.25) is 4.79 Å². The number of hydrogen-bond donors (Lipinski definition) is 1. The van der Waals surface area contributed by atoms with Crippen molar-refractivity contribution in [1.29, 1.82) is 0 Å². The number of hydrogen-bond acceptors (Lipinski definition) is 4. The first kappa shape index (κ1) is 19.7. The topological polar surface area (TPSA) is 62.6 Å². The molecule has 0 fully saturated rings. The lowest BCUT2D eigenvalue weighted by molar-refractivity contribution is 0.0947. The Hall–Kier alpha value is -3.60. The monoisotopic (exact) mass is 400 g/mol. The Kier molecular flexibility index (Phi) is 5.53. The predicted molar refractivity (Wildman–Crippen MR) is 121 cm³/mol. The number of carbonyl (C=O) groups excluding carboxylic acids is 1. The second kappa shape index (κ2) is 8.41. The maximum Gasteiger partial charge on any atom is 0.349 e. The summed E-state index contributed by atoms with van der Waals surface area (Å²) in [6.45, 7) is 6.21. The maximum atomic E-state index is 12.7. The molecule has 0 atom stereocenters. The largest absolute Gasteiger partial charge is 0.422 e. The first-order chi connectivity index (χ1) is 14.6. The van der Waals surface area contributed by atoms with Crippen molar-refractivity contribution in [3.05, 3.63) is 88.3 Å². The Labute approximate surface area is 174 Å². The molecule has 4 rings (SSSR count). The average molecular weight is 400 g/mol. The molecule has 0 unspecified atom stereocenters. The number of carbonyl (C=O) groups is 1. The first-order valence-corrected chi connectivity index (χ1v) is 10.2. The third-order valence-corrected chi connectivity index (χ3v) is 5.41. The molecule has 0 aliphatic rings. The molecule has 30 heavy (non-hydrogen) atoms. The van der Waals surface area contributed by atoms with E-state index in [0.29, 0.717) is 12.1 Å². The van der Waals surface area contributed by atoms with Crippen LogP contribution in [0.4, 0.5) is 5.69 Å². The molecule has 1 aromatic heterocycles. The molecule has 0 saturated heterocycles. The van der Waals surface area contributed by atoms with E-state index in [1.54, 1.807) is 6.07 Å². The fourth-order valence-electron chi connectivity index (χ4n) is 3.76. The highest BCUT2D eigenvalue weighted by Gasteiger charge is 2.15. The van der Waals surface area contributed by atoms with Crippen molar-refractivity contribution in [2.45, 2.75) is 20.4 Å². The minimum Gasteiger partial charge on any atom is -0.422 e. The molecular weight excluding hydrogens is 376 g/mol. The van der Waals surface area contributed by atoms with Gasteiger partial charge in [0.15, 0.2) is 0 Å². The van der Waals surface area contributed by atoms with Gasteiger partial charge < -0.3 is 14.6 Å². The van der Waals surface area contributed by atoms with Crippen LogP contribution >= 0.6 is 0 Å². The molecule has 1 heterocycles. The zero-order valence-electron chi connectivity index (χ0n) is 17.1. The lowest BCUT2D eigenvalue weighted by atomic mass is 10.0. The van der Waals surface area contributed by atoms with E-state index in [9.17, 15) is 9.59 Å². The normalized spacial score (nSPS) is 11.0. The Morgan fingerprint density at radius 2 is 1.70 bits per heavy atom. The van der Waals surface area contributed by atoms with Gasteiger partial charge in [-0.1, -0.05) is 42.5 Å². The average Bonchev–Trinajstić information content (AvgIpc) is 2.77. The van der Waals surface area contributed by atoms with Crippen molar-refractivity contribution in [2.75, 3.05) is 18.0 Å². The highest BCUT2D eigenvalue weighted by Crippen LogP contribution is 2.22. The van der Waals surface area contributed by atoms with Crippen LogP contribution in [0, 0.1) is 0 Å². The van der Waals surface area contributed by atoms with Crippen LogP contribution in [0.3, 0.4) is 0 Å². The minimum atomic E-state index is -0.630. The summed E-state index contributed by atoms with van der Waals surface area (Å²) in [6.07, 6.45) is 0. The van der Waals surface area contributed by atoms with Gasteiger partial charge in [0.25, 0.3) is 5.91 Å². The minimum absolute atomic E-state index is 0.0123. The zero-order chi connectivity index (χ0) is 21.1. The second-order valence-corrected chi connectivity index (χ2v) is 7.16. The fraction of sp³-hybridized carbons (Fsp3) is 0.200. The number of nitrogens with one attached hydrogen (secondary N) is 1. The number of fused-ring (bicyclic) bond motifs is 2. The SMILES string of the molecule is CCN(CC)c1ccc2cc(C(=O)NCc3cccc4ccccc34)c(=O)oc2c1. The van der Waals surface area contributed by atoms with Crippen molar-refractivity contribution < 1.29 is 9.21 Å². The lowest BCUT2D eigenvalue weighted by Gasteiger charge is -2.21. The van der Waals surface area contributed by atoms with Crippen LogP contribution in [0.25, 0.3) is 21.7 Å². The van der Waals surface area contributed by atoms with Gasteiger partial charge in [-0.2, -0.15) is 0 Å². The second-order valence-electron chi connectivity index (χ2n) is 7.16. The van der Waals surface area contributed by atoms with E-state index in [4.69, 9.17) is 4.42 Å². The summed E-state index contributed by atoms with van der Waals surface area (Å²) in [5.41, 5.74) is 1.85. The maximum absolute atomic E-state index is 12.7. The van der Waals surface area contributed by atoms with Gasteiger partial charge in [0.1, 0.15) is 11.1 Å². The van der Waals surface area contributed by atoms with Crippen LogP contribution in [0.15, 0.2) is 75.9 Å². The van der Waals surface area contributed by atoms with Gasteiger partial charge in [0.2, 0.25) is 0 Å². The Morgan fingerprint density at radius 3 is 2.50 bits per heavy atom. The van der Waals surface area contributed by atoms with Crippen molar-refractivity contribution in [3.8, 4) is 0 Å². The van der Waals surface area contributed by atoms with Crippen molar-refractivity contribution in [3.63, 3.8) is 0 Å². The smallest absolute Gasteiger partial charge is 0.349 e. The van der Waals surface area contributed by atoms with Gasteiger partial charge in [-0.05, 0) is 48.4 Å². The number of amides is 1. The molecule has 0 bridgehead atoms. The van der Waals surface area contributed by atoms with Crippen LogP contribution in [0.1, 0.15) is 29.8 Å². The molecular formula is C25H24N2O3. The summed E-state index contributed by atoms with van der Waals surface area (Å²) in [7, 11) is 0. The Bertz CT molecular complexity index is 1270. The highest BCUT2D eigenvalue weighted by atomic mass is 16.4. The van der Waals surface area contributed by atoms with Crippen LogP contribution < -0.4 is 15.8 Å². The van der Waals surface area contributed by atoms with Crippen molar-refractivity contribution in [2.24, 2.45) is 0 Å². The molecule has 0 aliphatic heterocycles. The summed E-state index contributed by atoms with van der Waals surface area (Å²) >= 11 is 0. The molecule has 1 N–H and O–H groups in total. The van der Waals surface area contributed by atoms with E-state index >= 15 is 0 Å². The lowest BCUT2D eigenvalue weighted by Crippen LogP contribution is -2.28. The molecule has 0 radical (unpaired) electrons. The molecule has 0 spiro atoms. The van der Waals surface area contributed by atoms with Crippen LogP contribution in [0.2, 0.25) is 0 Å². The Balaban J connectivity index is 1.59. The quantitative estimate of drug-likeness (QED) is 0.476. The molecule has 152 valence electrons. The van der Waals surface area contributed by atoms with Crippen LogP contribution in [0.5, 0.6) is 0 Å². The summed E-state index contributed by atoms with van der Waals surface area (Å²) in [5.74, 6) is -0.439. The predicted octanol–water partition coefficient (Wildman–Crippen LogP) is 4.72. The van der Waals surface area contributed by atoms with Crippen molar-refractivity contribution >= 4 is 33.3 Å². The van der Waals surface area contributed by atoms with E-state index in [1.165, 1.54) is 0 Å². The number of nitrogens with zero attached hydrogens (tertiary/aromatic N) is 1. The molecule has 0 aliphatic carbocycles. The summed E-state index contributed by atoms with van der Waals surface area (Å²) in [4.78, 5) is 27.4. The highest BCUT2D eigenvalue weighted by molar-refractivity contribution is 5.97. The number of anilines is 1. The van der Waals surface area contributed by atoms with Crippen molar-refractivity contribution in [1.82, 2.24) is 5.32 Å². The third kappa shape index (κ3) is 3.79. The van der Waals surface area contributed by atoms with Crippen LogP contribution in [-0.2, 0) is 6.54 Å². The van der Waals surface area contributed by atoms with E-state index < -0.39 is 11.5 Å². The first-order valence-electron chi connectivity index (χ1n) is 10.2. The van der Waals surface area contributed by atoms with Gasteiger partial charge >= 0.3 is 5.63 Å². The summed E-state index contributed by atoms with van der Waals surface area (Å²) < 4.78 is 5.47. The molecule has 5 nitrogen and oxygen atoms in total. The molecule has 4 aromatic rings. The summed E-state index contributed by atoms with van der Waals surface area (Å²) in [5, 5.41) is 5.76. The summed E-state index contributed by atoms with van der Waals surface area (Å²) in [6, 6.07) is 21.3. The van der Waals surface area contributed by atoms with E-state index in [0.717, 1.165) is 40.5 Å².